The molecule has 2 atom stereocenters. The average molecular weight is 625 g/mol. The smallest absolute Gasteiger partial charge is 0.272 e. The Bertz CT molecular complexity index is 1380. The van der Waals surface area contributed by atoms with Gasteiger partial charge >= 0.3 is 0 Å². The number of piperazine rings is 1. The first-order chi connectivity index (χ1) is 21.7. The Hall–Kier alpha value is -3.84. The van der Waals surface area contributed by atoms with Crippen molar-refractivity contribution in [2.24, 2.45) is 5.92 Å². The number of fused-ring (bicyclic) bond motifs is 1. The van der Waals surface area contributed by atoms with E-state index in [4.69, 9.17) is 0 Å². The SMILES string of the molecule is CCC(=O)N[C@H](Cc1ccc(NC(=O)[C@@H](NC(=O)c2n[nH]c3c2CNCC3)C2CCCCC2)c(F)c1)C(=O)N1CCN(C)CC1. The van der Waals surface area contributed by atoms with Crippen molar-refractivity contribution in [2.45, 2.75) is 76.9 Å². The Morgan fingerprint density at radius 1 is 1.07 bits per heavy atom. The summed E-state index contributed by atoms with van der Waals surface area (Å²) in [6.07, 6.45) is 5.64. The number of aromatic amines is 1. The molecule has 244 valence electrons. The maximum absolute atomic E-state index is 15.5. The van der Waals surface area contributed by atoms with Gasteiger partial charge in [0.1, 0.15) is 17.9 Å². The molecule has 0 radical (unpaired) electrons. The predicted molar refractivity (Wildman–Crippen MR) is 167 cm³/mol. The minimum absolute atomic E-state index is 0.0142. The van der Waals surface area contributed by atoms with E-state index in [-0.39, 0.29) is 42.0 Å². The zero-order valence-corrected chi connectivity index (χ0v) is 26.2. The fraction of sp³-hybridized carbons (Fsp3) is 0.594. The highest BCUT2D eigenvalue weighted by Crippen LogP contribution is 2.28. The molecular formula is C32H45FN8O4. The molecule has 45 heavy (non-hydrogen) atoms. The molecule has 0 spiro atoms. The number of hydrogen-bond donors (Lipinski definition) is 5. The van der Waals surface area contributed by atoms with Gasteiger partial charge in [-0.05, 0) is 43.5 Å². The molecule has 1 aromatic carbocycles. The number of amides is 4. The highest BCUT2D eigenvalue weighted by atomic mass is 19.1. The van der Waals surface area contributed by atoms with Crippen molar-refractivity contribution in [3.8, 4) is 0 Å². The number of benzene rings is 1. The Kier molecular flexibility index (Phi) is 10.8. The molecule has 2 aromatic rings. The predicted octanol–water partition coefficient (Wildman–Crippen LogP) is 1.72. The van der Waals surface area contributed by atoms with Gasteiger partial charge < -0.3 is 31.1 Å². The lowest BCUT2D eigenvalue weighted by molar-refractivity contribution is -0.137. The van der Waals surface area contributed by atoms with E-state index in [1.54, 1.807) is 17.9 Å². The third-order valence-electron chi connectivity index (χ3n) is 9.21. The number of halogens is 1. The van der Waals surface area contributed by atoms with Gasteiger partial charge in [-0.3, -0.25) is 24.3 Å². The molecular weight excluding hydrogens is 579 g/mol. The Labute approximate surface area is 263 Å². The van der Waals surface area contributed by atoms with E-state index in [0.29, 0.717) is 25.2 Å². The van der Waals surface area contributed by atoms with Crippen molar-refractivity contribution in [3.63, 3.8) is 0 Å². The number of nitrogens with one attached hydrogen (secondary N) is 5. The van der Waals surface area contributed by atoms with Crippen LogP contribution in [0.25, 0.3) is 0 Å². The molecule has 4 amide bonds. The number of hydrogen-bond acceptors (Lipinski definition) is 7. The molecule has 0 unspecified atom stereocenters. The van der Waals surface area contributed by atoms with Crippen molar-refractivity contribution < 1.29 is 23.6 Å². The number of likely N-dealkylation sites (N-methyl/N-ethyl adjacent to an activating group) is 1. The molecule has 1 aliphatic carbocycles. The van der Waals surface area contributed by atoms with Gasteiger partial charge in [-0.1, -0.05) is 32.3 Å². The highest BCUT2D eigenvalue weighted by Gasteiger charge is 2.34. The largest absolute Gasteiger partial charge is 0.344 e. The fourth-order valence-corrected chi connectivity index (χ4v) is 6.46. The second kappa shape index (κ2) is 15.0. The first-order valence-electron chi connectivity index (χ1n) is 16.2. The van der Waals surface area contributed by atoms with Gasteiger partial charge in [0.2, 0.25) is 17.7 Å². The normalized spacial score (nSPS) is 18.9. The topological polar surface area (TPSA) is 152 Å². The molecule has 1 saturated heterocycles. The molecule has 2 fully saturated rings. The zero-order chi connectivity index (χ0) is 31.9. The standard InChI is InChI=1S/C32H45FN8O4/c1-3-27(42)35-26(32(45)41-15-13-40(2)14-16-41)18-20-9-10-25(23(33)17-20)36-30(43)28(21-7-5-4-6-8-21)37-31(44)29-22-19-34-12-11-24(22)38-39-29/h9-10,17,21,26,28,34H,3-8,11-16,18-19H2,1-2H3,(H,35,42)(H,36,43)(H,37,44)(H,38,39)/t26-,28+/m1/s1. The number of carbonyl (C=O) groups excluding carboxylic acids is 4. The van der Waals surface area contributed by atoms with Crippen LogP contribution in [-0.2, 0) is 33.8 Å². The van der Waals surface area contributed by atoms with E-state index in [0.717, 1.165) is 69.4 Å². The minimum Gasteiger partial charge on any atom is -0.344 e. The van der Waals surface area contributed by atoms with E-state index in [2.05, 4.69) is 36.4 Å². The first-order valence-corrected chi connectivity index (χ1v) is 16.2. The number of aromatic nitrogens is 2. The van der Waals surface area contributed by atoms with E-state index in [1.807, 2.05) is 7.05 Å². The van der Waals surface area contributed by atoms with Crippen LogP contribution in [0.4, 0.5) is 10.1 Å². The summed E-state index contributed by atoms with van der Waals surface area (Å²) in [5.41, 5.74) is 2.50. The van der Waals surface area contributed by atoms with Gasteiger partial charge in [0.25, 0.3) is 5.91 Å². The van der Waals surface area contributed by atoms with E-state index < -0.39 is 29.7 Å². The molecule has 3 heterocycles. The lowest BCUT2D eigenvalue weighted by Gasteiger charge is -2.34. The monoisotopic (exact) mass is 624 g/mol. The zero-order valence-electron chi connectivity index (χ0n) is 26.2. The molecule has 1 saturated carbocycles. The fourth-order valence-electron chi connectivity index (χ4n) is 6.46. The van der Waals surface area contributed by atoms with Crippen molar-refractivity contribution >= 4 is 29.3 Å². The summed E-state index contributed by atoms with van der Waals surface area (Å²) in [6.45, 7) is 5.65. The summed E-state index contributed by atoms with van der Waals surface area (Å²) < 4.78 is 15.5. The van der Waals surface area contributed by atoms with Gasteiger partial charge in [-0.25, -0.2) is 4.39 Å². The third-order valence-corrected chi connectivity index (χ3v) is 9.21. The van der Waals surface area contributed by atoms with E-state index in [1.165, 1.54) is 12.1 Å². The van der Waals surface area contributed by atoms with Gasteiger partial charge in [-0.2, -0.15) is 5.10 Å². The summed E-state index contributed by atoms with van der Waals surface area (Å²) in [5, 5.41) is 18.8. The summed E-state index contributed by atoms with van der Waals surface area (Å²) in [5.74, 6) is -2.10. The Morgan fingerprint density at radius 2 is 1.82 bits per heavy atom. The van der Waals surface area contributed by atoms with Gasteiger partial charge in [0, 0.05) is 69.8 Å². The summed E-state index contributed by atoms with van der Waals surface area (Å²) in [4.78, 5) is 56.4. The van der Waals surface area contributed by atoms with Gasteiger partial charge in [0.05, 0.1) is 5.69 Å². The third kappa shape index (κ3) is 8.06. The average Bonchev–Trinajstić information content (AvgIpc) is 3.49. The van der Waals surface area contributed by atoms with Crippen molar-refractivity contribution in [3.05, 3.63) is 46.5 Å². The van der Waals surface area contributed by atoms with Crippen molar-refractivity contribution in [1.29, 1.82) is 0 Å². The van der Waals surface area contributed by atoms with Crippen LogP contribution in [-0.4, -0.2) is 95.5 Å². The molecule has 0 bridgehead atoms. The lowest BCUT2D eigenvalue weighted by atomic mass is 9.83. The molecule has 5 rings (SSSR count). The number of nitrogens with zero attached hydrogens (tertiary/aromatic N) is 3. The number of anilines is 1. The number of H-pyrrole nitrogens is 1. The van der Waals surface area contributed by atoms with Crippen LogP contribution in [0.5, 0.6) is 0 Å². The summed E-state index contributed by atoms with van der Waals surface area (Å²) >= 11 is 0. The second-order valence-electron chi connectivity index (χ2n) is 12.4. The van der Waals surface area contributed by atoms with Gasteiger partial charge in [-0.15, -0.1) is 0 Å². The molecule has 5 N–H and O–H groups in total. The van der Waals surface area contributed by atoms with Gasteiger partial charge in [0.15, 0.2) is 5.69 Å². The summed E-state index contributed by atoms with van der Waals surface area (Å²) in [6, 6.07) is 2.73. The first kappa shape index (κ1) is 32.6. The molecule has 2 aliphatic heterocycles. The number of carbonyl (C=O) groups is 4. The van der Waals surface area contributed by atoms with Crippen LogP contribution in [0.15, 0.2) is 18.2 Å². The van der Waals surface area contributed by atoms with Crippen LogP contribution in [0.1, 0.15) is 72.8 Å². The highest BCUT2D eigenvalue weighted by molar-refractivity contribution is 6.01. The molecule has 12 nitrogen and oxygen atoms in total. The maximum atomic E-state index is 15.5. The maximum Gasteiger partial charge on any atom is 0.272 e. The molecule has 13 heteroatoms. The summed E-state index contributed by atoms with van der Waals surface area (Å²) in [7, 11) is 2.00. The number of rotatable bonds is 10. The van der Waals surface area contributed by atoms with Crippen LogP contribution >= 0.6 is 0 Å². The lowest BCUT2D eigenvalue weighted by Crippen LogP contribution is -2.54. The Balaban J connectivity index is 1.28. The quantitative estimate of drug-likeness (QED) is 0.270. The van der Waals surface area contributed by atoms with Crippen molar-refractivity contribution in [1.82, 2.24) is 35.9 Å². The van der Waals surface area contributed by atoms with E-state index >= 15 is 4.39 Å². The molecule has 1 aromatic heterocycles. The van der Waals surface area contributed by atoms with Crippen LogP contribution in [0, 0.1) is 11.7 Å². The van der Waals surface area contributed by atoms with Crippen molar-refractivity contribution in [2.75, 3.05) is 45.1 Å². The second-order valence-corrected chi connectivity index (χ2v) is 12.4. The molecule has 3 aliphatic rings. The van der Waals surface area contributed by atoms with E-state index in [9.17, 15) is 19.2 Å². The van der Waals surface area contributed by atoms with Crippen LogP contribution in [0.3, 0.4) is 0 Å². The van der Waals surface area contributed by atoms with Crippen LogP contribution in [0.2, 0.25) is 0 Å². The van der Waals surface area contributed by atoms with Crippen LogP contribution < -0.4 is 21.3 Å². The Morgan fingerprint density at radius 3 is 2.53 bits per heavy atom. The minimum atomic E-state index is -0.851.